The molecule has 0 aliphatic heterocycles. The van der Waals surface area contributed by atoms with Crippen LogP contribution in [0.2, 0.25) is 0 Å². The summed E-state index contributed by atoms with van der Waals surface area (Å²) in [5.41, 5.74) is 0.586. The first-order valence-corrected chi connectivity index (χ1v) is 6.58. The zero-order chi connectivity index (χ0) is 13.0. The number of hydrogen-bond donors (Lipinski definition) is 2. The molecule has 0 aliphatic rings. The maximum Gasteiger partial charge on any atom is 0.258 e. The molecule has 0 fully saturated rings. The van der Waals surface area contributed by atoms with Gasteiger partial charge in [-0.25, -0.2) is 8.42 Å². The van der Waals surface area contributed by atoms with E-state index in [0.717, 1.165) is 0 Å². The second kappa shape index (κ2) is 5.00. The average molecular weight is 262 g/mol. The van der Waals surface area contributed by atoms with Crippen molar-refractivity contribution < 1.29 is 8.42 Å². The van der Waals surface area contributed by atoms with E-state index in [0.29, 0.717) is 5.56 Å². The van der Waals surface area contributed by atoms with Crippen LogP contribution in [0.4, 0.5) is 0 Å². The second-order valence-electron chi connectivity index (χ2n) is 3.51. The van der Waals surface area contributed by atoms with E-state index >= 15 is 0 Å². The van der Waals surface area contributed by atoms with E-state index in [1.165, 1.54) is 12.3 Å². The van der Waals surface area contributed by atoms with E-state index in [2.05, 4.69) is 14.9 Å². The maximum absolute atomic E-state index is 11.9. The van der Waals surface area contributed by atoms with E-state index in [9.17, 15) is 8.42 Å². The Kier molecular flexibility index (Phi) is 3.41. The molecule has 6 nitrogen and oxygen atoms in total. The fourth-order valence-electron chi connectivity index (χ4n) is 1.43. The molecular weight excluding hydrogens is 252 g/mol. The largest absolute Gasteiger partial charge is 0.266 e. The molecule has 7 heteroatoms. The predicted molar refractivity (Wildman–Crippen MR) is 63.7 cm³/mol. The van der Waals surface area contributed by atoms with Crippen LogP contribution in [0.1, 0.15) is 11.6 Å². The molecule has 0 radical (unpaired) electrons. The van der Waals surface area contributed by atoms with Gasteiger partial charge >= 0.3 is 0 Å². The number of benzene rings is 1. The van der Waals surface area contributed by atoms with Crippen LogP contribution in [-0.2, 0) is 10.0 Å². The molecule has 0 amide bonds. The predicted octanol–water partition coefficient (Wildman–Crippen LogP) is 0.953. The molecule has 0 aliphatic carbocycles. The molecule has 0 saturated carbocycles. The van der Waals surface area contributed by atoms with Crippen LogP contribution in [0.3, 0.4) is 0 Å². The molecule has 1 heterocycles. The molecule has 1 unspecified atom stereocenters. The molecule has 2 rings (SSSR count). The first kappa shape index (κ1) is 12.3. The highest BCUT2D eigenvalue weighted by atomic mass is 32.2. The van der Waals surface area contributed by atoms with Gasteiger partial charge in [-0.3, -0.25) is 5.10 Å². The minimum Gasteiger partial charge on any atom is -0.266 e. The molecule has 18 heavy (non-hydrogen) atoms. The number of H-pyrrole nitrogens is 1. The number of nitrogens with one attached hydrogen (secondary N) is 2. The highest BCUT2D eigenvalue weighted by molar-refractivity contribution is 7.89. The fourth-order valence-corrected chi connectivity index (χ4v) is 2.46. The lowest BCUT2D eigenvalue weighted by molar-refractivity contribution is 0.571. The van der Waals surface area contributed by atoms with Crippen LogP contribution in [-0.4, -0.2) is 18.6 Å². The smallest absolute Gasteiger partial charge is 0.258 e. The molecule has 0 saturated heterocycles. The van der Waals surface area contributed by atoms with Crippen molar-refractivity contribution in [3.63, 3.8) is 0 Å². The summed E-state index contributed by atoms with van der Waals surface area (Å²) >= 11 is 0. The van der Waals surface area contributed by atoms with Crippen molar-refractivity contribution >= 4 is 10.0 Å². The van der Waals surface area contributed by atoms with Crippen molar-refractivity contribution in [3.8, 4) is 6.07 Å². The number of sulfonamides is 1. The summed E-state index contributed by atoms with van der Waals surface area (Å²) in [7, 11) is -3.77. The van der Waals surface area contributed by atoms with Crippen molar-refractivity contribution in [1.29, 1.82) is 5.26 Å². The monoisotopic (exact) mass is 262 g/mol. The third-order valence-corrected chi connectivity index (χ3v) is 3.65. The highest BCUT2D eigenvalue weighted by Gasteiger charge is 2.21. The van der Waals surface area contributed by atoms with Gasteiger partial charge in [0.25, 0.3) is 10.0 Å². The first-order chi connectivity index (χ1) is 8.63. The summed E-state index contributed by atoms with van der Waals surface area (Å²) in [5, 5.41) is 14.9. The van der Waals surface area contributed by atoms with Crippen LogP contribution in [0.15, 0.2) is 47.6 Å². The zero-order valence-corrected chi connectivity index (χ0v) is 10.1. The van der Waals surface area contributed by atoms with Crippen LogP contribution in [0, 0.1) is 11.3 Å². The molecule has 1 aromatic carbocycles. The number of nitrogens with zero attached hydrogens (tertiary/aromatic N) is 2. The minimum absolute atomic E-state index is 0.0707. The van der Waals surface area contributed by atoms with Crippen molar-refractivity contribution in [2.24, 2.45) is 0 Å². The van der Waals surface area contributed by atoms with Gasteiger partial charge in [-0.15, -0.1) is 0 Å². The van der Waals surface area contributed by atoms with Crippen LogP contribution >= 0.6 is 0 Å². The van der Waals surface area contributed by atoms with Crippen molar-refractivity contribution in [3.05, 3.63) is 48.2 Å². The zero-order valence-electron chi connectivity index (χ0n) is 9.24. The SMILES string of the molecule is N#CC(NS(=O)(=O)c1ccn[nH]1)c1ccccc1. The van der Waals surface area contributed by atoms with Gasteiger partial charge in [0.2, 0.25) is 0 Å². The van der Waals surface area contributed by atoms with Gasteiger partial charge in [0, 0.05) is 0 Å². The third-order valence-electron chi connectivity index (χ3n) is 2.30. The Bertz CT molecular complexity index is 644. The van der Waals surface area contributed by atoms with Crippen molar-refractivity contribution in [2.75, 3.05) is 0 Å². The van der Waals surface area contributed by atoms with Crippen LogP contribution in [0.25, 0.3) is 0 Å². The number of hydrogen-bond acceptors (Lipinski definition) is 4. The summed E-state index contributed by atoms with van der Waals surface area (Å²) < 4.78 is 26.1. The van der Waals surface area contributed by atoms with Gasteiger partial charge in [0.1, 0.15) is 6.04 Å². The van der Waals surface area contributed by atoms with Gasteiger partial charge in [-0.2, -0.15) is 15.1 Å². The van der Waals surface area contributed by atoms with E-state index in [-0.39, 0.29) is 5.03 Å². The highest BCUT2D eigenvalue weighted by Crippen LogP contribution is 2.14. The quantitative estimate of drug-likeness (QED) is 0.857. The molecule has 2 N–H and O–H groups in total. The second-order valence-corrected chi connectivity index (χ2v) is 5.20. The van der Waals surface area contributed by atoms with Gasteiger partial charge in [-0.1, -0.05) is 30.3 Å². The van der Waals surface area contributed by atoms with E-state index < -0.39 is 16.1 Å². The maximum atomic E-state index is 11.9. The third kappa shape index (κ3) is 2.56. The van der Waals surface area contributed by atoms with Gasteiger partial charge < -0.3 is 0 Å². The van der Waals surface area contributed by atoms with E-state index in [4.69, 9.17) is 5.26 Å². The summed E-state index contributed by atoms with van der Waals surface area (Å²) in [6.45, 7) is 0. The Morgan fingerprint density at radius 1 is 1.28 bits per heavy atom. The molecular formula is C11H10N4O2S. The van der Waals surface area contributed by atoms with Crippen molar-refractivity contribution in [2.45, 2.75) is 11.1 Å². The lowest BCUT2D eigenvalue weighted by Gasteiger charge is -2.11. The Balaban J connectivity index is 2.26. The fraction of sp³-hybridized carbons (Fsp3) is 0.0909. The summed E-state index contributed by atoms with van der Waals surface area (Å²) in [6.07, 6.45) is 1.33. The molecule has 1 aromatic heterocycles. The van der Waals surface area contributed by atoms with Gasteiger partial charge in [0.05, 0.1) is 12.3 Å². The Morgan fingerprint density at radius 2 is 2.00 bits per heavy atom. The summed E-state index contributed by atoms with van der Waals surface area (Å²) in [5.74, 6) is 0. The van der Waals surface area contributed by atoms with Gasteiger partial charge in [0.15, 0.2) is 5.03 Å². The van der Waals surface area contributed by atoms with Crippen molar-refractivity contribution in [1.82, 2.24) is 14.9 Å². The van der Waals surface area contributed by atoms with E-state index in [1.54, 1.807) is 30.3 Å². The topological polar surface area (TPSA) is 98.6 Å². The number of rotatable bonds is 4. The Hall–Kier alpha value is -2.17. The summed E-state index contributed by atoms with van der Waals surface area (Å²) in [6, 6.07) is 10.9. The molecule has 0 bridgehead atoms. The number of aromatic amines is 1. The minimum atomic E-state index is -3.77. The van der Waals surface area contributed by atoms with Crippen LogP contribution < -0.4 is 4.72 Å². The summed E-state index contributed by atoms with van der Waals surface area (Å²) in [4.78, 5) is 0. The Morgan fingerprint density at radius 3 is 2.56 bits per heavy atom. The molecule has 2 aromatic rings. The van der Waals surface area contributed by atoms with Crippen LogP contribution in [0.5, 0.6) is 0 Å². The standard InChI is InChI=1S/C11H10N4O2S/c12-8-10(9-4-2-1-3-5-9)15-18(16,17)11-6-7-13-14-11/h1-7,10,15H,(H,13,14). The lowest BCUT2D eigenvalue weighted by Crippen LogP contribution is -2.28. The Labute approximate surface area is 104 Å². The normalized spacial score (nSPS) is 12.8. The lowest BCUT2D eigenvalue weighted by atomic mass is 10.1. The molecule has 1 atom stereocenters. The molecule has 92 valence electrons. The number of aromatic nitrogens is 2. The molecule has 0 spiro atoms. The average Bonchev–Trinajstić information content (AvgIpc) is 2.92. The van der Waals surface area contributed by atoms with Gasteiger partial charge in [-0.05, 0) is 11.6 Å². The number of nitriles is 1. The van der Waals surface area contributed by atoms with E-state index in [1.807, 2.05) is 6.07 Å². The first-order valence-electron chi connectivity index (χ1n) is 5.10.